The van der Waals surface area contributed by atoms with Crippen LogP contribution in [0.15, 0.2) is 30.3 Å². The van der Waals surface area contributed by atoms with Gasteiger partial charge in [0.1, 0.15) is 0 Å². The minimum absolute atomic E-state index is 0. The number of rotatable bonds is 7. The number of ether oxygens (including phenoxy) is 1. The second-order valence-electron chi connectivity index (χ2n) is 10.3. The van der Waals surface area contributed by atoms with Crippen LogP contribution in [0.25, 0.3) is 0 Å². The smallest absolute Gasteiger partial charge is 0.312 e. The van der Waals surface area contributed by atoms with Crippen molar-refractivity contribution in [3.8, 4) is 0 Å². The van der Waals surface area contributed by atoms with Crippen LogP contribution >= 0.6 is 24.8 Å². The van der Waals surface area contributed by atoms with Crippen molar-refractivity contribution < 1.29 is 9.53 Å². The molecule has 5 aliphatic rings. The second kappa shape index (κ2) is 10.9. The summed E-state index contributed by atoms with van der Waals surface area (Å²) in [5.41, 5.74) is 1.30. The van der Waals surface area contributed by atoms with Crippen LogP contribution in [-0.4, -0.2) is 55.1 Å². The Morgan fingerprint density at radius 1 is 0.871 bits per heavy atom. The van der Waals surface area contributed by atoms with Gasteiger partial charge in [0.15, 0.2) is 0 Å². The van der Waals surface area contributed by atoms with Gasteiger partial charge in [0.25, 0.3) is 0 Å². The SMILES string of the molecule is Cl.Cl.O=C(OCCCN1CCN(Cc2ccccc2)CC1)C12CC3CC(CC(C3)C1)C2. The van der Waals surface area contributed by atoms with E-state index in [1.807, 2.05) is 0 Å². The largest absolute Gasteiger partial charge is 0.465 e. The quantitative estimate of drug-likeness (QED) is 0.425. The average molecular weight is 469 g/mol. The Morgan fingerprint density at radius 2 is 1.42 bits per heavy atom. The summed E-state index contributed by atoms with van der Waals surface area (Å²) in [7, 11) is 0. The zero-order valence-corrected chi connectivity index (χ0v) is 20.2. The van der Waals surface area contributed by atoms with Gasteiger partial charge < -0.3 is 9.64 Å². The van der Waals surface area contributed by atoms with Crippen molar-refractivity contribution in [3.05, 3.63) is 35.9 Å². The molecule has 31 heavy (non-hydrogen) atoms. The van der Waals surface area contributed by atoms with E-state index >= 15 is 0 Å². The predicted molar refractivity (Wildman–Crippen MR) is 129 cm³/mol. The fourth-order valence-corrected chi connectivity index (χ4v) is 6.98. The zero-order chi connectivity index (χ0) is 19.7. The van der Waals surface area contributed by atoms with E-state index in [0.717, 1.165) is 82.7 Å². The number of hydrogen-bond acceptors (Lipinski definition) is 4. The number of piperazine rings is 1. The van der Waals surface area contributed by atoms with Crippen LogP contribution in [-0.2, 0) is 16.1 Å². The summed E-state index contributed by atoms with van der Waals surface area (Å²) >= 11 is 0. The molecule has 1 heterocycles. The van der Waals surface area contributed by atoms with E-state index in [2.05, 4.69) is 40.1 Å². The predicted octanol–water partition coefficient (Wildman–Crippen LogP) is 4.80. The molecular formula is C25H38Cl2N2O2. The Balaban J connectivity index is 0.00000136. The maximum Gasteiger partial charge on any atom is 0.312 e. The Hall–Kier alpha value is -0.810. The molecule has 4 aliphatic carbocycles. The third-order valence-corrected chi connectivity index (χ3v) is 8.04. The topological polar surface area (TPSA) is 32.8 Å². The van der Waals surface area contributed by atoms with Crippen LogP contribution in [0.4, 0.5) is 0 Å². The lowest BCUT2D eigenvalue weighted by atomic mass is 9.49. The first-order chi connectivity index (χ1) is 14.2. The normalized spacial score (nSPS) is 32.2. The molecule has 4 saturated carbocycles. The molecule has 1 aromatic carbocycles. The van der Waals surface area contributed by atoms with Gasteiger partial charge in [0.05, 0.1) is 12.0 Å². The third-order valence-electron chi connectivity index (χ3n) is 8.04. The van der Waals surface area contributed by atoms with Gasteiger partial charge in [-0.1, -0.05) is 30.3 Å². The first-order valence-electron chi connectivity index (χ1n) is 11.8. The first kappa shape index (κ1) is 24.8. The van der Waals surface area contributed by atoms with Crippen LogP contribution < -0.4 is 0 Å². The van der Waals surface area contributed by atoms with Crippen LogP contribution in [0.2, 0.25) is 0 Å². The molecule has 5 fully saturated rings. The number of halogens is 2. The fourth-order valence-electron chi connectivity index (χ4n) is 6.98. The van der Waals surface area contributed by atoms with Crippen LogP contribution in [0.5, 0.6) is 0 Å². The number of nitrogens with zero attached hydrogens (tertiary/aromatic N) is 2. The summed E-state index contributed by atoms with van der Waals surface area (Å²) in [6.07, 6.45) is 8.44. The third kappa shape index (κ3) is 5.76. The molecule has 0 atom stereocenters. The van der Waals surface area contributed by atoms with Gasteiger partial charge in [-0.2, -0.15) is 0 Å². The minimum atomic E-state index is -0.0994. The maximum absolute atomic E-state index is 12.9. The number of benzene rings is 1. The van der Waals surface area contributed by atoms with Gasteiger partial charge in [0.2, 0.25) is 0 Å². The molecule has 174 valence electrons. The van der Waals surface area contributed by atoms with E-state index in [-0.39, 0.29) is 36.2 Å². The molecule has 0 unspecified atom stereocenters. The Kier molecular flexibility index (Phi) is 8.71. The molecule has 0 radical (unpaired) electrons. The lowest BCUT2D eigenvalue weighted by Crippen LogP contribution is -2.50. The number of hydrogen-bond donors (Lipinski definition) is 0. The molecule has 0 aromatic heterocycles. The Labute approximate surface area is 199 Å². The van der Waals surface area contributed by atoms with Crippen molar-refractivity contribution in [3.63, 3.8) is 0 Å². The maximum atomic E-state index is 12.9. The molecule has 1 aromatic rings. The lowest BCUT2D eigenvalue weighted by molar-refractivity contribution is -0.171. The van der Waals surface area contributed by atoms with Gasteiger partial charge in [-0.05, 0) is 68.3 Å². The highest BCUT2D eigenvalue weighted by Crippen LogP contribution is 2.60. The molecular weight excluding hydrogens is 431 g/mol. The molecule has 6 heteroatoms. The highest BCUT2D eigenvalue weighted by Gasteiger charge is 2.55. The molecule has 0 N–H and O–H groups in total. The number of esters is 1. The van der Waals surface area contributed by atoms with E-state index < -0.39 is 0 Å². The fraction of sp³-hybridized carbons (Fsp3) is 0.720. The van der Waals surface area contributed by atoms with Crippen LogP contribution in [0.1, 0.15) is 50.5 Å². The highest BCUT2D eigenvalue weighted by molar-refractivity contribution is 5.85. The first-order valence-corrected chi connectivity index (χ1v) is 11.8. The highest BCUT2D eigenvalue weighted by atomic mass is 35.5. The van der Waals surface area contributed by atoms with Gasteiger partial charge in [-0.15, -0.1) is 24.8 Å². The van der Waals surface area contributed by atoms with E-state index in [1.54, 1.807) is 0 Å². The van der Waals surface area contributed by atoms with Crippen molar-refractivity contribution in [2.75, 3.05) is 39.3 Å². The van der Waals surface area contributed by atoms with E-state index in [0.29, 0.717) is 6.61 Å². The molecule has 1 aliphatic heterocycles. The number of carbonyl (C=O) groups excluding carboxylic acids is 1. The monoisotopic (exact) mass is 468 g/mol. The van der Waals surface area contributed by atoms with Gasteiger partial charge >= 0.3 is 5.97 Å². The van der Waals surface area contributed by atoms with E-state index in [4.69, 9.17) is 4.74 Å². The molecule has 4 nitrogen and oxygen atoms in total. The van der Waals surface area contributed by atoms with Gasteiger partial charge in [-0.25, -0.2) is 0 Å². The zero-order valence-electron chi connectivity index (χ0n) is 18.5. The van der Waals surface area contributed by atoms with Gasteiger partial charge in [-0.3, -0.25) is 9.69 Å². The molecule has 0 amide bonds. The molecule has 4 bridgehead atoms. The molecule has 0 spiro atoms. The molecule has 6 rings (SSSR count). The summed E-state index contributed by atoms with van der Waals surface area (Å²) in [6, 6.07) is 10.7. The van der Waals surface area contributed by atoms with Crippen molar-refractivity contribution in [2.45, 2.75) is 51.5 Å². The second-order valence-corrected chi connectivity index (χ2v) is 10.3. The van der Waals surface area contributed by atoms with E-state index in [1.165, 1.54) is 24.8 Å². The summed E-state index contributed by atoms with van der Waals surface area (Å²) < 4.78 is 5.84. The summed E-state index contributed by atoms with van der Waals surface area (Å²) in [5.74, 6) is 2.56. The van der Waals surface area contributed by atoms with Crippen LogP contribution in [0.3, 0.4) is 0 Å². The summed E-state index contributed by atoms with van der Waals surface area (Å²) in [5, 5.41) is 0. The molecule has 1 saturated heterocycles. The van der Waals surface area contributed by atoms with Crippen molar-refractivity contribution in [2.24, 2.45) is 23.2 Å². The summed E-state index contributed by atoms with van der Waals surface area (Å²) in [6.45, 7) is 7.20. The van der Waals surface area contributed by atoms with Gasteiger partial charge in [0, 0.05) is 39.3 Å². The Bertz CT molecular complexity index is 671. The van der Waals surface area contributed by atoms with Crippen molar-refractivity contribution >= 4 is 30.8 Å². The number of carbonyl (C=O) groups is 1. The minimum Gasteiger partial charge on any atom is -0.465 e. The lowest BCUT2D eigenvalue weighted by Gasteiger charge is -2.55. The van der Waals surface area contributed by atoms with Crippen molar-refractivity contribution in [1.82, 2.24) is 9.80 Å². The van der Waals surface area contributed by atoms with E-state index in [9.17, 15) is 4.79 Å². The van der Waals surface area contributed by atoms with Crippen LogP contribution in [0, 0.1) is 23.2 Å². The Morgan fingerprint density at radius 3 is 2.00 bits per heavy atom. The standard InChI is InChI=1S/C25H36N2O2.2ClH/c28-24(25-16-21-13-22(17-25)15-23(14-21)18-25)29-12-4-7-26-8-10-27(11-9-26)19-20-5-2-1-3-6-20;;/h1-3,5-6,21-23H,4,7-19H2;2*1H. The average Bonchev–Trinajstić information content (AvgIpc) is 2.72. The summed E-state index contributed by atoms with van der Waals surface area (Å²) in [4.78, 5) is 18.0. The van der Waals surface area contributed by atoms with Crippen molar-refractivity contribution in [1.29, 1.82) is 0 Å².